The van der Waals surface area contributed by atoms with Gasteiger partial charge in [-0.05, 0) is 13.3 Å². The van der Waals surface area contributed by atoms with Crippen LogP contribution in [0.5, 0.6) is 0 Å². The Morgan fingerprint density at radius 1 is 1.62 bits per heavy atom. The van der Waals surface area contributed by atoms with E-state index in [-0.39, 0.29) is 24.0 Å². The predicted octanol–water partition coefficient (Wildman–Crippen LogP) is -0.336. The van der Waals surface area contributed by atoms with Gasteiger partial charge in [-0.2, -0.15) is 0 Å². The summed E-state index contributed by atoms with van der Waals surface area (Å²) < 4.78 is 0. The molecule has 0 radical (unpaired) electrons. The molecule has 74 valence electrons. The Morgan fingerprint density at radius 2 is 2.23 bits per heavy atom. The topological polar surface area (TPSA) is 75.4 Å². The maximum atomic E-state index is 11.5. The standard InChI is InChI=1S/C8H15N3O2/c1-3-6-7(12)11(4-5(2)9)8(13)10-6/h5-6H,3-4,9H2,1-2H3,(H,10,13). The molecular weight excluding hydrogens is 170 g/mol. The van der Waals surface area contributed by atoms with E-state index in [1.807, 2.05) is 6.92 Å². The van der Waals surface area contributed by atoms with Crippen LogP contribution >= 0.6 is 0 Å². The Labute approximate surface area is 77.3 Å². The molecule has 3 amide bonds. The van der Waals surface area contributed by atoms with Crippen LogP contribution in [0.4, 0.5) is 4.79 Å². The van der Waals surface area contributed by atoms with Crippen molar-refractivity contribution in [1.82, 2.24) is 10.2 Å². The average molecular weight is 185 g/mol. The Kier molecular flexibility index (Phi) is 2.87. The van der Waals surface area contributed by atoms with Gasteiger partial charge in [0.05, 0.1) is 0 Å². The molecular formula is C8H15N3O2. The molecule has 1 rings (SSSR count). The van der Waals surface area contributed by atoms with Gasteiger partial charge >= 0.3 is 6.03 Å². The van der Waals surface area contributed by atoms with Gasteiger partial charge in [0.2, 0.25) is 0 Å². The van der Waals surface area contributed by atoms with Crippen molar-refractivity contribution in [2.75, 3.05) is 6.54 Å². The minimum atomic E-state index is -0.355. The molecule has 1 fully saturated rings. The van der Waals surface area contributed by atoms with Crippen molar-refractivity contribution in [2.45, 2.75) is 32.4 Å². The second-order valence-corrected chi connectivity index (χ2v) is 3.34. The van der Waals surface area contributed by atoms with Crippen LogP contribution in [0, 0.1) is 0 Å². The first-order valence-corrected chi connectivity index (χ1v) is 4.43. The summed E-state index contributed by atoms with van der Waals surface area (Å²) in [5.41, 5.74) is 5.51. The number of nitrogens with two attached hydrogens (primary N) is 1. The molecule has 0 aromatic heterocycles. The van der Waals surface area contributed by atoms with Gasteiger partial charge < -0.3 is 11.1 Å². The van der Waals surface area contributed by atoms with Crippen LogP contribution in [0.3, 0.4) is 0 Å². The van der Waals surface area contributed by atoms with Gasteiger partial charge in [-0.3, -0.25) is 9.69 Å². The number of nitrogens with one attached hydrogen (secondary N) is 1. The number of rotatable bonds is 3. The van der Waals surface area contributed by atoms with Crippen LogP contribution in [-0.4, -0.2) is 35.5 Å². The van der Waals surface area contributed by atoms with Crippen LogP contribution in [0.1, 0.15) is 20.3 Å². The molecule has 1 saturated heterocycles. The normalized spacial score (nSPS) is 24.8. The summed E-state index contributed by atoms with van der Waals surface area (Å²) in [4.78, 5) is 23.9. The molecule has 0 aromatic carbocycles. The third-order valence-electron chi connectivity index (χ3n) is 1.99. The smallest absolute Gasteiger partial charge is 0.324 e. The van der Waals surface area contributed by atoms with Crippen molar-refractivity contribution in [3.05, 3.63) is 0 Å². The fourth-order valence-corrected chi connectivity index (χ4v) is 1.31. The zero-order valence-electron chi connectivity index (χ0n) is 7.91. The van der Waals surface area contributed by atoms with Gasteiger partial charge in [0.25, 0.3) is 5.91 Å². The summed E-state index contributed by atoms with van der Waals surface area (Å²) in [6.07, 6.45) is 0.625. The molecule has 0 aliphatic carbocycles. The molecule has 13 heavy (non-hydrogen) atoms. The van der Waals surface area contributed by atoms with Crippen molar-refractivity contribution < 1.29 is 9.59 Å². The van der Waals surface area contributed by atoms with Crippen LogP contribution in [0.2, 0.25) is 0 Å². The Hall–Kier alpha value is -1.10. The van der Waals surface area contributed by atoms with Crippen molar-refractivity contribution in [3.63, 3.8) is 0 Å². The number of carbonyl (C=O) groups is 2. The minimum Gasteiger partial charge on any atom is -0.326 e. The van der Waals surface area contributed by atoms with E-state index in [1.165, 1.54) is 4.90 Å². The lowest BCUT2D eigenvalue weighted by atomic mass is 10.2. The van der Waals surface area contributed by atoms with E-state index in [2.05, 4.69) is 5.32 Å². The molecule has 5 nitrogen and oxygen atoms in total. The Balaban J connectivity index is 2.65. The van der Waals surface area contributed by atoms with Gasteiger partial charge in [-0.1, -0.05) is 6.92 Å². The van der Waals surface area contributed by atoms with E-state index < -0.39 is 0 Å². The van der Waals surface area contributed by atoms with Gasteiger partial charge in [-0.15, -0.1) is 0 Å². The van der Waals surface area contributed by atoms with E-state index in [0.717, 1.165) is 0 Å². The molecule has 0 bridgehead atoms. The van der Waals surface area contributed by atoms with Crippen LogP contribution in [0.15, 0.2) is 0 Å². The number of nitrogens with zero attached hydrogens (tertiary/aromatic N) is 1. The highest BCUT2D eigenvalue weighted by molar-refractivity contribution is 6.04. The maximum absolute atomic E-state index is 11.5. The first-order valence-electron chi connectivity index (χ1n) is 4.43. The molecule has 1 aliphatic rings. The second kappa shape index (κ2) is 3.74. The van der Waals surface area contributed by atoms with E-state index in [9.17, 15) is 9.59 Å². The zero-order valence-corrected chi connectivity index (χ0v) is 7.91. The Morgan fingerprint density at radius 3 is 2.62 bits per heavy atom. The summed E-state index contributed by atoms with van der Waals surface area (Å²) in [6.45, 7) is 3.92. The summed E-state index contributed by atoms with van der Waals surface area (Å²) in [7, 11) is 0. The average Bonchev–Trinajstić information content (AvgIpc) is 2.31. The van der Waals surface area contributed by atoms with Crippen molar-refractivity contribution in [3.8, 4) is 0 Å². The number of amides is 3. The van der Waals surface area contributed by atoms with Crippen molar-refractivity contribution in [2.24, 2.45) is 5.73 Å². The quantitative estimate of drug-likeness (QED) is 0.591. The van der Waals surface area contributed by atoms with Crippen LogP contribution < -0.4 is 11.1 Å². The van der Waals surface area contributed by atoms with Crippen molar-refractivity contribution >= 4 is 11.9 Å². The number of carbonyl (C=O) groups excluding carboxylic acids is 2. The molecule has 0 spiro atoms. The van der Waals surface area contributed by atoms with Crippen LogP contribution in [0.25, 0.3) is 0 Å². The third kappa shape index (κ3) is 1.98. The number of hydrogen-bond donors (Lipinski definition) is 2. The highest BCUT2D eigenvalue weighted by atomic mass is 16.2. The molecule has 0 saturated carbocycles. The van der Waals surface area contributed by atoms with E-state index in [0.29, 0.717) is 13.0 Å². The minimum absolute atomic E-state index is 0.162. The maximum Gasteiger partial charge on any atom is 0.324 e. The van der Waals surface area contributed by atoms with Gasteiger partial charge in [0.15, 0.2) is 0 Å². The first-order chi connectivity index (χ1) is 6.06. The molecule has 3 N–H and O–H groups in total. The van der Waals surface area contributed by atoms with Gasteiger partial charge in [0.1, 0.15) is 6.04 Å². The van der Waals surface area contributed by atoms with E-state index in [1.54, 1.807) is 6.92 Å². The summed E-state index contributed by atoms with van der Waals surface area (Å²) >= 11 is 0. The van der Waals surface area contributed by atoms with E-state index >= 15 is 0 Å². The molecule has 2 unspecified atom stereocenters. The van der Waals surface area contributed by atoms with E-state index in [4.69, 9.17) is 5.73 Å². The predicted molar refractivity (Wildman–Crippen MR) is 48.0 cm³/mol. The highest BCUT2D eigenvalue weighted by Gasteiger charge is 2.36. The first kappa shape index (κ1) is 9.98. The van der Waals surface area contributed by atoms with Gasteiger partial charge in [-0.25, -0.2) is 4.79 Å². The summed E-state index contributed by atoms with van der Waals surface area (Å²) in [5, 5.41) is 2.59. The summed E-state index contributed by atoms with van der Waals surface area (Å²) in [6, 6.07) is -0.856. The largest absolute Gasteiger partial charge is 0.326 e. The summed E-state index contributed by atoms with van der Waals surface area (Å²) in [5.74, 6) is -0.162. The number of urea groups is 1. The Bertz CT molecular complexity index is 227. The SMILES string of the molecule is CCC1NC(=O)N(CC(C)N)C1=O. The fraction of sp³-hybridized carbons (Fsp3) is 0.750. The van der Waals surface area contributed by atoms with Crippen LogP contribution in [-0.2, 0) is 4.79 Å². The lowest BCUT2D eigenvalue weighted by Crippen LogP contribution is -2.40. The third-order valence-corrected chi connectivity index (χ3v) is 1.99. The monoisotopic (exact) mass is 185 g/mol. The zero-order chi connectivity index (χ0) is 10.0. The molecule has 1 aliphatic heterocycles. The fourth-order valence-electron chi connectivity index (χ4n) is 1.31. The highest BCUT2D eigenvalue weighted by Crippen LogP contribution is 2.08. The molecule has 1 heterocycles. The molecule has 2 atom stereocenters. The molecule has 5 heteroatoms. The van der Waals surface area contributed by atoms with Crippen molar-refractivity contribution in [1.29, 1.82) is 0 Å². The molecule has 0 aromatic rings. The lowest BCUT2D eigenvalue weighted by Gasteiger charge is -2.14. The van der Waals surface area contributed by atoms with Gasteiger partial charge in [0, 0.05) is 12.6 Å². The number of imide groups is 1. The lowest BCUT2D eigenvalue weighted by molar-refractivity contribution is -0.127. The number of hydrogen-bond acceptors (Lipinski definition) is 3. The second-order valence-electron chi connectivity index (χ2n) is 3.34.